The van der Waals surface area contributed by atoms with Crippen LogP contribution in [-0.2, 0) is 20.9 Å². The van der Waals surface area contributed by atoms with Crippen LogP contribution in [0.4, 0.5) is 4.39 Å². The Morgan fingerprint density at radius 3 is 2.75 bits per heavy atom. The van der Waals surface area contributed by atoms with Gasteiger partial charge in [0.15, 0.2) is 0 Å². The molecule has 2 saturated heterocycles. The van der Waals surface area contributed by atoms with Crippen LogP contribution in [-0.4, -0.2) is 55.0 Å². The van der Waals surface area contributed by atoms with Gasteiger partial charge in [-0.2, -0.15) is 0 Å². The van der Waals surface area contributed by atoms with Gasteiger partial charge in [-0.05, 0) is 24.1 Å². The smallest absolute Gasteiger partial charge is 0.306 e. The van der Waals surface area contributed by atoms with Crippen LogP contribution >= 0.6 is 0 Å². The maximum absolute atomic E-state index is 13.2. The Labute approximate surface area is 141 Å². The molecule has 1 aromatic carbocycles. The van der Waals surface area contributed by atoms with Gasteiger partial charge in [-0.1, -0.05) is 12.1 Å². The van der Waals surface area contributed by atoms with Gasteiger partial charge in [0.05, 0.1) is 13.5 Å². The monoisotopic (exact) mass is 334 g/mol. The van der Waals surface area contributed by atoms with Crippen molar-refractivity contribution in [2.45, 2.75) is 25.8 Å². The lowest BCUT2D eigenvalue weighted by atomic mass is 9.79. The fraction of sp³-hybridized carbons (Fsp3) is 0.556. The van der Waals surface area contributed by atoms with E-state index in [9.17, 15) is 14.0 Å². The summed E-state index contributed by atoms with van der Waals surface area (Å²) in [6, 6.07) is 6.70. The van der Waals surface area contributed by atoms with E-state index in [0.717, 1.165) is 44.7 Å². The van der Waals surface area contributed by atoms with Gasteiger partial charge in [0.1, 0.15) is 5.82 Å². The minimum absolute atomic E-state index is 0.0286. The number of benzene rings is 1. The quantitative estimate of drug-likeness (QED) is 0.771. The third kappa shape index (κ3) is 3.75. The van der Waals surface area contributed by atoms with Crippen LogP contribution in [0.1, 0.15) is 24.8 Å². The topological polar surface area (TPSA) is 49.9 Å². The lowest BCUT2D eigenvalue weighted by molar-refractivity contribution is -0.143. The zero-order valence-corrected chi connectivity index (χ0v) is 14.0. The van der Waals surface area contributed by atoms with Gasteiger partial charge in [0.25, 0.3) is 0 Å². The number of amides is 1. The van der Waals surface area contributed by atoms with E-state index in [1.165, 1.54) is 13.2 Å². The van der Waals surface area contributed by atoms with E-state index in [1.54, 1.807) is 12.1 Å². The van der Waals surface area contributed by atoms with Crippen LogP contribution < -0.4 is 0 Å². The maximum Gasteiger partial charge on any atom is 0.306 e. The first-order valence-corrected chi connectivity index (χ1v) is 8.31. The predicted molar refractivity (Wildman–Crippen MR) is 86.6 cm³/mol. The summed E-state index contributed by atoms with van der Waals surface area (Å²) in [5.74, 6) is -0.519. The zero-order valence-electron chi connectivity index (χ0n) is 14.0. The maximum atomic E-state index is 13.2. The van der Waals surface area contributed by atoms with Crippen LogP contribution in [0.5, 0.6) is 0 Å². The molecule has 2 aliphatic heterocycles. The molecule has 0 aromatic heterocycles. The second-order valence-corrected chi connectivity index (χ2v) is 6.92. The number of likely N-dealkylation sites (tertiary alicyclic amines) is 2. The van der Waals surface area contributed by atoms with Crippen molar-refractivity contribution < 1.29 is 18.7 Å². The Morgan fingerprint density at radius 1 is 1.25 bits per heavy atom. The van der Waals surface area contributed by atoms with Crippen LogP contribution in [0.3, 0.4) is 0 Å². The Kier molecular flexibility index (Phi) is 4.85. The molecule has 2 aliphatic rings. The third-order valence-electron chi connectivity index (χ3n) is 4.97. The van der Waals surface area contributed by atoms with Gasteiger partial charge in [-0.15, -0.1) is 0 Å². The SMILES string of the molecule is COC(=O)CCC(=O)N1CCC2(CN(Cc3cccc(F)c3)C2)C1. The fourth-order valence-electron chi connectivity index (χ4n) is 3.78. The van der Waals surface area contributed by atoms with Crippen LogP contribution in [0.25, 0.3) is 0 Å². The Balaban J connectivity index is 1.45. The standard InChI is InChI=1S/C18H23FN2O3/c1-24-17(23)6-5-16(22)21-8-7-18(13-21)11-20(12-18)10-14-3-2-4-15(19)9-14/h2-4,9H,5-8,10-13H2,1H3. The van der Waals surface area contributed by atoms with E-state index in [0.29, 0.717) is 0 Å². The van der Waals surface area contributed by atoms with E-state index >= 15 is 0 Å². The molecule has 1 amide bonds. The molecule has 130 valence electrons. The number of nitrogens with zero attached hydrogens (tertiary/aromatic N) is 2. The van der Waals surface area contributed by atoms with E-state index in [4.69, 9.17) is 0 Å². The number of rotatable bonds is 5. The van der Waals surface area contributed by atoms with Crippen molar-refractivity contribution in [2.24, 2.45) is 5.41 Å². The van der Waals surface area contributed by atoms with Crippen molar-refractivity contribution >= 4 is 11.9 Å². The summed E-state index contributed by atoms with van der Waals surface area (Å²) in [6.07, 6.45) is 1.36. The van der Waals surface area contributed by atoms with Gasteiger partial charge in [-0.25, -0.2) is 4.39 Å². The summed E-state index contributed by atoms with van der Waals surface area (Å²) < 4.78 is 17.8. The number of halogens is 1. The fourth-order valence-corrected chi connectivity index (χ4v) is 3.78. The highest BCUT2D eigenvalue weighted by Gasteiger charge is 2.48. The minimum Gasteiger partial charge on any atom is -0.469 e. The van der Waals surface area contributed by atoms with Crippen molar-refractivity contribution in [3.63, 3.8) is 0 Å². The Bertz CT molecular complexity index is 628. The van der Waals surface area contributed by atoms with Crippen LogP contribution in [0.15, 0.2) is 24.3 Å². The molecule has 0 aliphatic carbocycles. The van der Waals surface area contributed by atoms with Crippen molar-refractivity contribution in [1.29, 1.82) is 0 Å². The number of methoxy groups -OCH3 is 1. The molecule has 5 nitrogen and oxygen atoms in total. The van der Waals surface area contributed by atoms with Crippen LogP contribution in [0.2, 0.25) is 0 Å². The Morgan fingerprint density at radius 2 is 2.04 bits per heavy atom. The molecule has 0 bridgehead atoms. The third-order valence-corrected chi connectivity index (χ3v) is 4.97. The lowest BCUT2D eigenvalue weighted by Crippen LogP contribution is -2.57. The molecule has 6 heteroatoms. The highest BCUT2D eigenvalue weighted by atomic mass is 19.1. The first kappa shape index (κ1) is 16.9. The normalized spacial score (nSPS) is 19.3. The van der Waals surface area contributed by atoms with Crippen molar-refractivity contribution in [3.05, 3.63) is 35.6 Å². The number of esters is 1. The summed E-state index contributed by atoms with van der Waals surface area (Å²) in [6.45, 7) is 4.13. The highest BCUT2D eigenvalue weighted by Crippen LogP contribution is 2.40. The predicted octanol–water partition coefficient (Wildman–Crippen LogP) is 1.81. The van der Waals surface area contributed by atoms with Gasteiger partial charge >= 0.3 is 5.97 Å². The summed E-state index contributed by atoms with van der Waals surface area (Å²) in [5, 5.41) is 0. The molecule has 0 unspecified atom stereocenters. The van der Waals surface area contributed by atoms with E-state index < -0.39 is 0 Å². The summed E-state index contributed by atoms with van der Waals surface area (Å²) >= 11 is 0. The molecule has 0 atom stereocenters. The van der Waals surface area contributed by atoms with Gasteiger partial charge < -0.3 is 9.64 Å². The molecular formula is C18H23FN2O3. The molecule has 0 saturated carbocycles. The van der Waals surface area contributed by atoms with Gasteiger partial charge in [0.2, 0.25) is 5.91 Å². The molecular weight excluding hydrogens is 311 g/mol. The molecule has 1 aromatic rings. The minimum atomic E-state index is -0.345. The molecule has 0 N–H and O–H groups in total. The van der Waals surface area contributed by atoms with E-state index in [-0.39, 0.29) is 36.0 Å². The molecule has 3 rings (SSSR count). The van der Waals surface area contributed by atoms with Gasteiger partial charge in [0, 0.05) is 44.6 Å². The number of carbonyl (C=O) groups is 2. The molecule has 1 spiro atoms. The summed E-state index contributed by atoms with van der Waals surface area (Å²) in [7, 11) is 1.33. The largest absolute Gasteiger partial charge is 0.469 e. The second-order valence-electron chi connectivity index (χ2n) is 6.92. The number of ether oxygens (including phenoxy) is 1. The summed E-state index contributed by atoms with van der Waals surface area (Å²) in [5.41, 5.74) is 1.16. The number of carbonyl (C=O) groups excluding carboxylic acids is 2. The number of hydrogen-bond acceptors (Lipinski definition) is 4. The first-order chi connectivity index (χ1) is 11.5. The Hall–Kier alpha value is -1.95. The average Bonchev–Trinajstić information content (AvgIpc) is 2.97. The first-order valence-electron chi connectivity index (χ1n) is 8.31. The highest BCUT2D eigenvalue weighted by molar-refractivity contribution is 5.81. The molecule has 24 heavy (non-hydrogen) atoms. The van der Waals surface area contributed by atoms with E-state index in [1.807, 2.05) is 11.0 Å². The second kappa shape index (κ2) is 6.89. The summed E-state index contributed by atoms with van der Waals surface area (Å²) in [4.78, 5) is 27.5. The van der Waals surface area contributed by atoms with Crippen molar-refractivity contribution in [2.75, 3.05) is 33.3 Å². The van der Waals surface area contributed by atoms with Gasteiger partial charge in [-0.3, -0.25) is 14.5 Å². The van der Waals surface area contributed by atoms with E-state index in [2.05, 4.69) is 9.64 Å². The van der Waals surface area contributed by atoms with Crippen LogP contribution in [0, 0.1) is 11.2 Å². The average molecular weight is 334 g/mol. The van der Waals surface area contributed by atoms with Crippen molar-refractivity contribution in [3.8, 4) is 0 Å². The molecule has 0 radical (unpaired) electrons. The molecule has 2 heterocycles. The zero-order chi connectivity index (χ0) is 17.2. The lowest BCUT2D eigenvalue weighted by Gasteiger charge is -2.48. The molecule has 2 fully saturated rings. The number of hydrogen-bond donors (Lipinski definition) is 0. The van der Waals surface area contributed by atoms with Crippen molar-refractivity contribution in [1.82, 2.24) is 9.80 Å².